The van der Waals surface area contributed by atoms with Crippen LogP contribution in [-0.4, -0.2) is 38.1 Å². The fourth-order valence-corrected chi connectivity index (χ4v) is 3.07. The number of aromatic nitrogens is 2. The highest BCUT2D eigenvalue weighted by Crippen LogP contribution is 2.41. The number of benzene rings is 1. The van der Waals surface area contributed by atoms with Crippen LogP contribution >= 0.6 is 35.5 Å². The molecule has 16 heteroatoms. The molecule has 29 heavy (non-hydrogen) atoms. The number of methoxy groups -OCH3 is 1. The average molecular weight is 497 g/mol. The second-order valence-corrected chi connectivity index (χ2v) is 8.10. The van der Waals surface area contributed by atoms with E-state index in [4.69, 9.17) is 32.1 Å². The molecule has 0 saturated heterocycles. The number of halogens is 5. The number of nitrogens with zero attached hydrogens (tertiary/aromatic N) is 2. The fraction of sp³-hybridized carbons (Fsp3) is 0.231. The first-order valence-electron chi connectivity index (χ1n) is 6.96. The van der Waals surface area contributed by atoms with Crippen LogP contribution in [-0.2, 0) is 24.1 Å². The lowest BCUT2D eigenvalue weighted by Gasteiger charge is -2.14. The molecule has 0 unspecified atom stereocenters. The van der Waals surface area contributed by atoms with Crippen molar-refractivity contribution in [2.24, 2.45) is 0 Å². The van der Waals surface area contributed by atoms with Crippen LogP contribution < -0.4 is 8.92 Å². The molecule has 0 N–H and O–H groups in total. The first-order chi connectivity index (χ1) is 13.4. The molecule has 2 aromatic rings. The highest BCUT2D eigenvalue weighted by molar-refractivity contribution is 7.90. The molecule has 0 aliphatic heterocycles. The first kappa shape index (κ1) is 23.7. The van der Waals surface area contributed by atoms with Gasteiger partial charge in [0, 0.05) is 16.8 Å². The number of sulfone groups is 1. The molecule has 0 spiro atoms. The van der Waals surface area contributed by atoms with Gasteiger partial charge in [0.25, 0.3) is 23.4 Å². The van der Waals surface area contributed by atoms with Crippen molar-refractivity contribution in [3.05, 3.63) is 28.2 Å². The van der Waals surface area contributed by atoms with Gasteiger partial charge in [-0.05, 0) is 23.2 Å². The third kappa shape index (κ3) is 6.74. The maximum Gasteiger partial charge on any atom is 0.551 e. The summed E-state index contributed by atoms with van der Waals surface area (Å²) in [5.74, 6) is -0.709. The van der Waals surface area contributed by atoms with Crippen molar-refractivity contribution in [2.75, 3.05) is 13.4 Å². The molecular formula is C13H9Cl2F3N2O7S2. The fourth-order valence-electron chi connectivity index (χ4n) is 1.77. The van der Waals surface area contributed by atoms with E-state index in [1.54, 1.807) is 0 Å². The normalized spacial score (nSPS) is 12.1. The third-order valence-electron chi connectivity index (χ3n) is 2.83. The number of rotatable bonds is 8. The van der Waals surface area contributed by atoms with Gasteiger partial charge in [-0.2, -0.15) is 4.98 Å². The predicted octanol–water partition coefficient (Wildman–Crippen LogP) is 4.20. The summed E-state index contributed by atoms with van der Waals surface area (Å²) >= 11 is 11.9. The zero-order chi connectivity index (χ0) is 21.8. The van der Waals surface area contributed by atoms with Crippen molar-refractivity contribution in [1.82, 2.24) is 9.97 Å². The highest BCUT2D eigenvalue weighted by Gasteiger charge is 2.32. The van der Waals surface area contributed by atoms with Gasteiger partial charge in [0.15, 0.2) is 0 Å². The van der Waals surface area contributed by atoms with Gasteiger partial charge in [0.05, 0.1) is 12.1 Å². The molecule has 9 nitrogen and oxygen atoms in total. The number of hydrogen-bond donors (Lipinski definition) is 0. The van der Waals surface area contributed by atoms with Gasteiger partial charge in [-0.25, -0.2) is 13.4 Å². The molecule has 0 atom stereocenters. The van der Waals surface area contributed by atoms with Gasteiger partial charge < -0.3 is 8.92 Å². The molecule has 160 valence electrons. The summed E-state index contributed by atoms with van der Waals surface area (Å²) < 4.78 is 73.4. The van der Waals surface area contributed by atoms with Crippen molar-refractivity contribution >= 4 is 45.4 Å². The van der Waals surface area contributed by atoms with E-state index in [2.05, 4.69) is 24.2 Å². The average Bonchev–Trinajstić information content (AvgIpc) is 2.59. The van der Waals surface area contributed by atoms with Crippen LogP contribution in [0.25, 0.3) is 11.3 Å². The lowest BCUT2D eigenvalue weighted by Crippen LogP contribution is -2.13. The van der Waals surface area contributed by atoms with Crippen LogP contribution in [0.4, 0.5) is 13.2 Å². The van der Waals surface area contributed by atoms with Crippen LogP contribution in [0.1, 0.15) is 0 Å². The van der Waals surface area contributed by atoms with E-state index in [0.717, 1.165) is 13.4 Å². The largest absolute Gasteiger partial charge is 0.551 e. The highest BCUT2D eigenvalue weighted by atomic mass is 35.5. The number of hydrogen-bond acceptors (Lipinski definition) is 10. The van der Waals surface area contributed by atoms with Gasteiger partial charge in [-0.1, -0.05) is 32.4 Å². The SMILES string of the molecule is COc1nc(S(C)(=O)=O)nc(-c2ccc(Cl)cc2Cl)c1OSOOOC(F)(F)F. The minimum absolute atomic E-state index is 0.0603. The maximum absolute atomic E-state index is 11.9. The maximum atomic E-state index is 11.9. The van der Waals surface area contributed by atoms with Crippen molar-refractivity contribution in [2.45, 2.75) is 11.5 Å². The van der Waals surface area contributed by atoms with Gasteiger partial charge >= 0.3 is 6.36 Å². The number of ether oxygens (including phenoxy) is 1. The topological polar surface area (TPSA) is 106 Å². The molecule has 0 amide bonds. The van der Waals surface area contributed by atoms with E-state index in [1.165, 1.54) is 18.2 Å². The van der Waals surface area contributed by atoms with Gasteiger partial charge in [0.2, 0.25) is 15.6 Å². The summed E-state index contributed by atoms with van der Waals surface area (Å²) in [4.78, 5) is 10.5. The Bertz CT molecular complexity index is 993. The standard InChI is InChI=1S/C13H9Cl2F3N2O7S2/c1-23-11-10(24-28-27-26-25-13(16,17)18)9(19-12(20-11)29(2,21)22)7-4-3-6(14)5-8(7)15/h3-5H,1-2H3. The lowest BCUT2D eigenvalue weighted by molar-refractivity contribution is -0.571. The molecular weight excluding hydrogens is 488 g/mol. The predicted molar refractivity (Wildman–Crippen MR) is 94.7 cm³/mol. The van der Waals surface area contributed by atoms with Crippen LogP contribution in [0.15, 0.2) is 23.4 Å². The first-order valence-corrected chi connectivity index (χ1v) is 10.3. The molecule has 1 aromatic heterocycles. The quantitative estimate of drug-likeness (QED) is 0.173. The van der Waals surface area contributed by atoms with Crippen molar-refractivity contribution < 1.29 is 44.8 Å². The molecule has 1 heterocycles. The van der Waals surface area contributed by atoms with E-state index in [-0.39, 0.29) is 45.3 Å². The van der Waals surface area contributed by atoms with E-state index in [0.29, 0.717) is 0 Å². The van der Waals surface area contributed by atoms with E-state index >= 15 is 0 Å². The molecule has 0 aliphatic rings. The Morgan fingerprint density at radius 3 is 2.41 bits per heavy atom. The van der Waals surface area contributed by atoms with Crippen molar-refractivity contribution in [3.8, 4) is 22.9 Å². The molecule has 2 rings (SSSR count). The molecule has 1 aromatic carbocycles. The summed E-state index contributed by atoms with van der Waals surface area (Å²) in [6.07, 6.45) is -4.25. The van der Waals surface area contributed by atoms with Crippen LogP contribution in [0, 0.1) is 0 Å². The van der Waals surface area contributed by atoms with Gasteiger partial charge in [-0.15, -0.1) is 13.2 Å². The number of alkyl halides is 3. The molecule has 0 radical (unpaired) electrons. The Kier molecular flexibility index (Phi) is 7.78. The zero-order valence-corrected chi connectivity index (χ0v) is 17.3. The second-order valence-electron chi connectivity index (χ2n) is 4.91. The van der Waals surface area contributed by atoms with E-state index in [1.807, 2.05) is 0 Å². The zero-order valence-electron chi connectivity index (χ0n) is 14.2. The minimum Gasteiger partial charge on any atom is -0.478 e. The Hall–Kier alpha value is -1.55. The Balaban J connectivity index is 2.44. The smallest absolute Gasteiger partial charge is 0.478 e. The Morgan fingerprint density at radius 1 is 1.17 bits per heavy atom. The third-order valence-corrected chi connectivity index (χ3v) is 4.57. The van der Waals surface area contributed by atoms with E-state index < -0.39 is 21.4 Å². The summed E-state index contributed by atoms with van der Waals surface area (Å²) in [6.45, 7) is 0. The van der Waals surface area contributed by atoms with Gasteiger partial charge in [-0.3, -0.25) is 0 Å². The lowest BCUT2D eigenvalue weighted by atomic mass is 10.1. The Labute approximate surface area is 176 Å². The summed E-state index contributed by atoms with van der Waals surface area (Å²) in [5.41, 5.74) is -0.0171. The molecule has 0 saturated carbocycles. The summed E-state index contributed by atoms with van der Waals surface area (Å²) in [6, 6.07) is 4.19. The minimum atomic E-state index is -5.11. The van der Waals surface area contributed by atoms with Crippen molar-refractivity contribution in [3.63, 3.8) is 0 Å². The van der Waals surface area contributed by atoms with Crippen molar-refractivity contribution in [1.29, 1.82) is 0 Å². The second kappa shape index (κ2) is 9.51. The van der Waals surface area contributed by atoms with E-state index in [9.17, 15) is 21.6 Å². The molecule has 0 fully saturated rings. The van der Waals surface area contributed by atoms with Crippen LogP contribution in [0.2, 0.25) is 10.0 Å². The summed E-state index contributed by atoms with van der Waals surface area (Å²) in [5, 5.41) is 3.17. The molecule has 0 aliphatic carbocycles. The summed E-state index contributed by atoms with van der Waals surface area (Å²) in [7, 11) is -2.74. The monoisotopic (exact) mass is 496 g/mol. The van der Waals surface area contributed by atoms with Gasteiger partial charge in [0.1, 0.15) is 5.69 Å². The molecule has 0 bridgehead atoms. The van der Waals surface area contributed by atoms with Crippen LogP contribution in [0.5, 0.6) is 11.6 Å². The van der Waals surface area contributed by atoms with Crippen LogP contribution in [0.3, 0.4) is 0 Å². The Morgan fingerprint density at radius 2 is 1.86 bits per heavy atom.